The Morgan fingerprint density at radius 2 is 1.65 bits per heavy atom. The lowest BCUT2D eigenvalue weighted by Gasteiger charge is -2.16. The lowest BCUT2D eigenvalue weighted by atomic mass is 10.1. The molecule has 0 aromatic heterocycles. The molecular formula is C17H19ClN2O2S. The van der Waals surface area contributed by atoms with Crippen molar-refractivity contribution in [1.82, 2.24) is 0 Å². The van der Waals surface area contributed by atoms with Gasteiger partial charge in [0.2, 0.25) is 0 Å². The van der Waals surface area contributed by atoms with Gasteiger partial charge in [0, 0.05) is 17.8 Å². The maximum atomic E-state index is 6.10. The Hall–Kier alpha value is -1.98. The van der Waals surface area contributed by atoms with E-state index in [1.165, 1.54) is 11.1 Å². The minimum Gasteiger partial charge on any atom is -0.495 e. The highest BCUT2D eigenvalue weighted by molar-refractivity contribution is 7.80. The maximum absolute atomic E-state index is 6.10. The van der Waals surface area contributed by atoms with Gasteiger partial charge in [-0.05, 0) is 49.3 Å². The molecule has 0 aliphatic heterocycles. The number of hydrogen-bond acceptors (Lipinski definition) is 3. The van der Waals surface area contributed by atoms with E-state index in [-0.39, 0.29) is 0 Å². The molecule has 0 bridgehead atoms. The first-order valence-electron chi connectivity index (χ1n) is 7.01. The van der Waals surface area contributed by atoms with Gasteiger partial charge in [-0.3, -0.25) is 0 Å². The molecule has 0 heterocycles. The molecule has 0 radical (unpaired) electrons. The molecule has 23 heavy (non-hydrogen) atoms. The third kappa shape index (κ3) is 4.27. The first-order valence-corrected chi connectivity index (χ1v) is 7.80. The van der Waals surface area contributed by atoms with Gasteiger partial charge in [0.15, 0.2) is 5.11 Å². The maximum Gasteiger partial charge on any atom is 0.175 e. The van der Waals surface area contributed by atoms with E-state index in [0.717, 1.165) is 5.69 Å². The van der Waals surface area contributed by atoms with Gasteiger partial charge in [-0.1, -0.05) is 17.7 Å². The van der Waals surface area contributed by atoms with Gasteiger partial charge in [0.05, 0.1) is 24.9 Å². The lowest BCUT2D eigenvalue weighted by molar-refractivity contribution is 0.405. The van der Waals surface area contributed by atoms with Gasteiger partial charge in [-0.25, -0.2) is 0 Å². The van der Waals surface area contributed by atoms with Crippen molar-refractivity contribution < 1.29 is 9.47 Å². The minimum absolute atomic E-state index is 0.455. The fourth-order valence-corrected chi connectivity index (χ4v) is 2.52. The molecule has 122 valence electrons. The predicted molar refractivity (Wildman–Crippen MR) is 100 cm³/mol. The zero-order valence-corrected chi connectivity index (χ0v) is 15.1. The average Bonchev–Trinajstić information content (AvgIpc) is 2.52. The van der Waals surface area contributed by atoms with Crippen LogP contribution in [0.25, 0.3) is 0 Å². The van der Waals surface area contributed by atoms with E-state index in [2.05, 4.69) is 24.5 Å². The molecule has 6 heteroatoms. The molecule has 0 amide bonds. The van der Waals surface area contributed by atoms with Gasteiger partial charge in [0.25, 0.3) is 0 Å². The van der Waals surface area contributed by atoms with Gasteiger partial charge < -0.3 is 20.1 Å². The molecule has 2 aromatic rings. The van der Waals surface area contributed by atoms with Crippen LogP contribution in [-0.4, -0.2) is 19.3 Å². The molecule has 2 aromatic carbocycles. The van der Waals surface area contributed by atoms with E-state index < -0.39 is 0 Å². The number of benzene rings is 2. The standard InChI is InChI=1S/C17H19ClN2O2S/c1-10-5-6-12(7-11(10)2)19-17(23)20-14-9-15(21-3)13(18)8-16(14)22-4/h5-9H,1-4H3,(H2,19,20,23). The van der Waals surface area contributed by atoms with Crippen LogP contribution in [0.3, 0.4) is 0 Å². The molecule has 2 N–H and O–H groups in total. The molecule has 0 aliphatic rings. The first-order chi connectivity index (χ1) is 10.9. The van der Waals surface area contributed by atoms with Crippen LogP contribution in [-0.2, 0) is 0 Å². The second kappa shape index (κ2) is 7.53. The molecule has 0 fully saturated rings. The Morgan fingerprint density at radius 1 is 0.957 bits per heavy atom. The number of rotatable bonds is 4. The summed E-state index contributed by atoms with van der Waals surface area (Å²) in [6, 6.07) is 9.50. The second-order valence-corrected chi connectivity index (χ2v) is 5.88. The number of methoxy groups -OCH3 is 2. The highest BCUT2D eigenvalue weighted by Crippen LogP contribution is 2.35. The van der Waals surface area contributed by atoms with Crippen LogP contribution < -0.4 is 20.1 Å². The molecule has 0 aliphatic carbocycles. The Morgan fingerprint density at radius 3 is 2.26 bits per heavy atom. The van der Waals surface area contributed by atoms with E-state index in [1.54, 1.807) is 26.4 Å². The number of nitrogens with one attached hydrogen (secondary N) is 2. The fourth-order valence-electron chi connectivity index (χ4n) is 2.06. The van der Waals surface area contributed by atoms with Crippen molar-refractivity contribution in [1.29, 1.82) is 0 Å². The Kier molecular flexibility index (Phi) is 5.69. The number of ether oxygens (including phenoxy) is 2. The smallest absolute Gasteiger partial charge is 0.175 e. The molecule has 0 atom stereocenters. The Bertz CT molecular complexity index is 735. The minimum atomic E-state index is 0.455. The van der Waals surface area contributed by atoms with Crippen LogP contribution in [0.5, 0.6) is 11.5 Å². The number of halogens is 1. The van der Waals surface area contributed by atoms with E-state index in [9.17, 15) is 0 Å². The van der Waals surface area contributed by atoms with E-state index in [1.807, 2.05) is 18.2 Å². The predicted octanol–water partition coefficient (Wildman–Crippen LogP) is 4.78. The summed E-state index contributed by atoms with van der Waals surface area (Å²) >= 11 is 11.5. The quantitative estimate of drug-likeness (QED) is 0.776. The first kappa shape index (κ1) is 17.4. The summed E-state index contributed by atoms with van der Waals surface area (Å²) < 4.78 is 10.5. The van der Waals surface area contributed by atoms with Crippen LogP contribution in [0.2, 0.25) is 5.02 Å². The highest BCUT2D eigenvalue weighted by Gasteiger charge is 2.11. The van der Waals surface area contributed by atoms with Crippen LogP contribution in [0.1, 0.15) is 11.1 Å². The normalized spacial score (nSPS) is 10.1. The zero-order chi connectivity index (χ0) is 17.0. The lowest BCUT2D eigenvalue weighted by Crippen LogP contribution is -2.19. The Balaban J connectivity index is 2.17. The van der Waals surface area contributed by atoms with Crippen LogP contribution in [0.15, 0.2) is 30.3 Å². The summed E-state index contributed by atoms with van der Waals surface area (Å²) in [5.41, 5.74) is 4.03. The summed E-state index contributed by atoms with van der Waals surface area (Å²) in [5.74, 6) is 1.13. The Labute approximate surface area is 146 Å². The summed E-state index contributed by atoms with van der Waals surface area (Å²) in [6.07, 6.45) is 0. The number of thiocarbonyl (C=S) groups is 1. The zero-order valence-electron chi connectivity index (χ0n) is 13.5. The third-order valence-corrected chi connectivity index (χ3v) is 3.99. The average molecular weight is 351 g/mol. The van der Waals surface area contributed by atoms with Crippen molar-refractivity contribution in [2.45, 2.75) is 13.8 Å². The summed E-state index contributed by atoms with van der Waals surface area (Å²) in [4.78, 5) is 0. The SMILES string of the molecule is COc1cc(NC(=S)Nc2ccc(C)c(C)c2)c(OC)cc1Cl. The second-order valence-electron chi connectivity index (χ2n) is 5.07. The van der Waals surface area contributed by atoms with Crippen molar-refractivity contribution in [3.63, 3.8) is 0 Å². The van der Waals surface area contributed by atoms with Crippen LogP contribution >= 0.6 is 23.8 Å². The molecule has 4 nitrogen and oxygen atoms in total. The number of anilines is 2. The van der Waals surface area contributed by atoms with Gasteiger partial charge in [-0.15, -0.1) is 0 Å². The molecule has 0 saturated heterocycles. The van der Waals surface area contributed by atoms with E-state index in [0.29, 0.717) is 27.3 Å². The monoisotopic (exact) mass is 350 g/mol. The van der Waals surface area contributed by atoms with Gasteiger partial charge in [0.1, 0.15) is 11.5 Å². The summed E-state index contributed by atoms with van der Waals surface area (Å²) in [7, 11) is 3.13. The highest BCUT2D eigenvalue weighted by atomic mass is 35.5. The van der Waals surface area contributed by atoms with E-state index in [4.69, 9.17) is 33.3 Å². The van der Waals surface area contributed by atoms with E-state index >= 15 is 0 Å². The van der Waals surface area contributed by atoms with Crippen LogP contribution in [0.4, 0.5) is 11.4 Å². The topological polar surface area (TPSA) is 42.5 Å². The van der Waals surface area contributed by atoms with Crippen LogP contribution in [0, 0.1) is 13.8 Å². The largest absolute Gasteiger partial charge is 0.495 e. The van der Waals surface area contributed by atoms with Crippen molar-refractivity contribution in [3.8, 4) is 11.5 Å². The van der Waals surface area contributed by atoms with Crippen molar-refractivity contribution in [2.75, 3.05) is 24.9 Å². The number of hydrogen-bond donors (Lipinski definition) is 2. The fraction of sp³-hybridized carbons (Fsp3) is 0.235. The molecule has 0 unspecified atom stereocenters. The van der Waals surface area contributed by atoms with Crippen molar-refractivity contribution in [2.24, 2.45) is 0 Å². The molecular weight excluding hydrogens is 332 g/mol. The molecule has 0 spiro atoms. The number of aryl methyl sites for hydroxylation is 2. The molecule has 2 rings (SSSR count). The van der Waals surface area contributed by atoms with Crippen molar-refractivity contribution >= 4 is 40.3 Å². The summed E-state index contributed by atoms with van der Waals surface area (Å²) in [6.45, 7) is 4.13. The van der Waals surface area contributed by atoms with Gasteiger partial charge in [-0.2, -0.15) is 0 Å². The van der Waals surface area contributed by atoms with Gasteiger partial charge >= 0.3 is 0 Å². The van der Waals surface area contributed by atoms with Crippen molar-refractivity contribution in [3.05, 3.63) is 46.5 Å². The summed E-state index contributed by atoms with van der Waals surface area (Å²) in [5, 5.41) is 7.18. The third-order valence-electron chi connectivity index (χ3n) is 3.49. The molecule has 0 saturated carbocycles.